The minimum absolute atomic E-state index is 0.0919. The van der Waals surface area contributed by atoms with E-state index in [2.05, 4.69) is 23.1 Å². The van der Waals surface area contributed by atoms with Gasteiger partial charge in [-0.15, -0.1) is 11.3 Å². The van der Waals surface area contributed by atoms with Crippen LogP contribution in [0.4, 0.5) is 0 Å². The Hall–Kier alpha value is -0.940. The Morgan fingerprint density at radius 1 is 1.35 bits per heavy atom. The number of rotatable bonds is 5. The maximum atomic E-state index is 12.4. The number of amides is 1. The third-order valence-corrected chi connectivity index (χ3v) is 8.04. The molecule has 1 aromatic rings. The molecule has 0 bridgehead atoms. The van der Waals surface area contributed by atoms with Gasteiger partial charge in [0.25, 0.3) is 15.9 Å². The van der Waals surface area contributed by atoms with Crippen LogP contribution in [0.25, 0.3) is 0 Å². The van der Waals surface area contributed by atoms with Gasteiger partial charge in [0, 0.05) is 13.1 Å². The van der Waals surface area contributed by atoms with Gasteiger partial charge in [0.15, 0.2) is 5.11 Å². The first kappa shape index (κ1) is 21.4. The van der Waals surface area contributed by atoms with Gasteiger partial charge in [-0.05, 0) is 43.1 Å². The Kier molecular flexibility index (Phi) is 7.65. The predicted octanol–water partition coefficient (Wildman–Crippen LogP) is 2.10. The fraction of sp³-hybridized carbons (Fsp3) is 0.600. The smallest absolute Gasteiger partial charge is 0.253 e. The number of hydrazine groups is 1. The summed E-state index contributed by atoms with van der Waals surface area (Å²) >= 11 is 11.9. The minimum atomic E-state index is -3.75. The molecule has 1 aromatic heterocycles. The predicted molar refractivity (Wildman–Crippen MR) is 108 cm³/mol. The molecule has 0 spiro atoms. The van der Waals surface area contributed by atoms with Crippen molar-refractivity contribution in [1.29, 1.82) is 0 Å². The quantitative estimate of drug-likeness (QED) is 0.481. The Labute approximate surface area is 168 Å². The van der Waals surface area contributed by atoms with Gasteiger partial charge in [-0.25, -0.2) is 8.42 Å². The highest BCUT2D eigenvalue weighted by molar-refractivity contribution is 7.91. The Bertz CT molecular complexity index is 753. The first-order valence-corrected chi connectivity index (χ1v) is 11.3. The zero-order valence-electron chi connectivity index (χ0n) is 14.6. The van der Waals surface area contributed by atoms with Crippen LogP contribution in [0.1, 0.15) is 32.6 Å². The van der Waals surface area contributed by atoms with Gasteiger partial charge >= 0.3 is 0 Å². The Balaban J connectivity index is 1.79. The number of likely N-dealkylation sites (N-methyl/N-ethyl adjacent to an activating group) is 1. The monoisotopic (exact) mass is 438 g/mol. The third-order valence-electron chi connectivity index (χ3n) is 4.32. The van der Waals surface area contributed by atoms with E-state index < -0.39 is 15.9 Å². The van der Waals surface area contributed by atoms with Gasteiger partial charge in [-0.2, -0.15) is 4.31 Å². The average molecular weight is 439 g/mol. The number of thiophene rings is 1. The SMILES string of the molecule is CC1CCCCC1NC(=S)NNC(=O)CN(C)S(=O)(=O)c1ccc(Cl)s1. The molecule has 2 rings (SSSR count). The summed E-state index contributed by atoms with van der Waals surface area (Å²) in [5.41, 5.74) is 5.06. The average Bonchev–Trinajstić information content (AvgIpc) is 3.02. The lowest BCUT2D eigenvalue weighted by molar-refractivity contribution is -0.121. The van der Waals surface area contributed by atoms with Crippen LogP contribution in [0.2, 0.25) is 4.34 Å². The molecule has 7 nitrogen and oxygen atoms in total. The summed E-state index contributed by atoms with van der Waals surface area (Å²) in [5, 5.41) is 3.52. The highest BCUT2D eigenvalue weighted by atomic mass is 35.5. The maximum Gasteiger partial charge on any atom is 0.253 e. The van der Waals surface area contributed by atoms with Gasteiger partial charge in [-0.1, -0.05) is 31.4 Å². The van der Waals surface area contributed by atoms with Crippen molar-refractivity contribution in [2.24, 2.45) is 5.92 Å². The van der Waals surface area contributed by atoms with Crippen LogP contribution in [0, 0.1) is 5.92 Å². The van der Waals surface area contributed by atoms with Crippen molar-refractivity contribution >= 4 is 56.2 Å². The molecule has 1 fully saturated rings. The molecule has 3 N–H and O–H groups in total. The zero-order valence-corrected chi connectivity index (χ0v) is 17.8. The van der Waals surface area contributed by atoms with Crippen LogP contribution in [-0.2, 0) is 14.8 Å². The topological polar surface area (TPSA) is 90.5 Å². The van der Waals surface area contributed by atoms with Crippen LogP contribution >= 0.6 is 35.2 Å². The second-order valence-electron chi connectivity index (χ2n) is 6.33. The molecule has 1 heterocycles. The molecule has 1 aliphatic rings. The molecule has 11 heteroatoms. The number of carbonyl (C=O) groups excluding carboxylic acids is 1. The molecular formula is C15H23ClN4O3S3. The highest BCUT2D eigenvalue weighted by Gasteiger charge is 2.25. The summed E-state index contributed by atoms with van der Waals surface area (Å²) in [7, 11) is -2.42. The van der Waals surface area contributed by atoms with Gasteiger partial charge in [0.05, 0.1) is 10.9 Å². The Morgan fingerprint density at radius 3 is 2.65 bits per heavy atom. The number of carbonyl (C=O) groups is 1. The first-order valence-electron chi connectivity index (χ1n) is 8.27. The molecule has 0 saturated heterocycles. The third kappa shape index (κ3) is 5.78. The van der Waals surface area contributed by atoms with E-state index >= 15 is 0 Å². The van der Waals surface area contributed by atoms with Crippen LogP contribution in [-0.4, -0.2) is 43.4 Å². The molecule has 146 valence electrons. The number of hydrogen-bond acceptors (Lipinski definition) is 5. The second kappa shape index (κ2) is 9.32. The summed E-state index contributed by atoms with van der Waals surface area (Å²) in [5.74, 6) is 0.00710. The van der Waals surface area contributed by atoms with Gasteiger partial charge in [0.2, 0.25) is 0 Å². The lowest BCUT2D eigenvalue weighted by Crippen LogP contribution is -2.53. The molecule has 1 saturated carbocycles. The summed E-state index contributed by atoms with van der Waals surface area (Å²) in [6.07, 6.45) is 4.59. The van der Waals surface area contributed by atoms with Gasteiger partial charge in [0.1, 0.15) is 4.21 Å². The van der Waals surface area contributed by atoms with E-state index in [1.54, 1.807) is 0 Å². The van der Waals surface area contributed by atoms with Crippen LogP contribution in [0.15, 0.2) is 16.3 Å². The van der Waals surface area contributed by atoms with Crippen molar-refractivity contribution in [3.8, 4) is 0 Å². The molecule has 2 atom stereocenters. The van der Waals surface area contributed by atoms with Crippen molar-refractivity contribution in [2.45, 2.75) is 42.9 Å². The standard InChI is InChI=1S/C15H23ClN4O3S3/c1-10-5-3-4-6-11(10)17-15(24)19-18-13(21)9-20(2)26(22,23)14-8-7-12(16)25-14/h7-8,10-11H,3-6,9H2,1-2H3,(H,18,21)(H2,17,19,24). The Morgan fingerprint density at radius 2 is 2.04 bits per heavy atom. The van der Waals surface area contributed by atoms with E-state index in [1.807, 2.05) is 0 Å². The fourth-order valence-corrected chi connectivity index (χ4v) is 5.80. The van der Waals surface area contributed by atoms with Gasteiger partial charge in [-0.3, -0.25) is 15.6 Å². The summed E-state index contributed by atoms with van der Waals surface area (Å²) < 4.78 is 26.1. The minimum Gasteiger partial charge on any atom is -0.358 e. The number of nitrogens with zero attached hydrogens (tertiary/aromatic N) is 1. The normalized spacial score (nSPS) is 20.6. The van der Waals surface area contributed by atoms with Crippen molar-refractivity contribution in [1.82, 2.24) is 20.5 Å². The van der Waals surface area contributed by atoms with Gasteiger partial charge < -0.3 is 5.32 Å². The number of nitrogens with one attached hydrogen (secondary N) is 3. The van der Waals surface area contributed by atoms with Crippen molar-refractivity contribution < 1.29 is 13.2 Å². The van der Waals surface area contributed by atoms with Crippen LogP contribution < -0.4 is 16.2 Å². The van der Waals surface area contributed by atoms with E-state index in [-0.39, 0.29) is 16.8 Å². The molecule has 1 aliphatic carbocycles. The number of hydrogen-bond donors (Lipinski definition) is 3. The highest BCUT2D eigenvalue weighted by Crippen LogP contribution is 2.27. The van der Waals surface area contributed by atoms with Crippen molar-refractivity contribution in [3.63, 3.8) is 0 Å². The maximum absolute atomic E-state index is 12.4. The molecule has 0 aliphatic heterocycles. The lowest BCUT2D eigenvalue weighted by atomic mass is 9.86. The molecule has 0 aromatic carbocycles. The number of thiocarbonyl (C=S) groups is 1. The fourth-order valence-electron chi connectivity index (χ4n) is 2.78. The zero-order chi connectivity index (χ0) is 19.3. The largest absolute Gasteiger partial charge is 0.358 e. The van der Waals surface area contributed by atoms with E-state index in [4.69, 9.17) is 23.8 Å². The summed E-state index contributed by atoms with van der Waals surface area (Å²) in [6, 6.07) is 3.21. The molecule has 0 radical (unpaired) electrons. The lowest BCUT2D eigenvalue weighted by Gasteiger charge is -2.30. The van der Waals surface area contributed by atoms with Crippen molar-refractivity contribution in [2.75, 3.05) is 13.6 Å². The molecule has 26 heavy (non-hydrogen) atoms. The van der Waals surface area contributed by atoms with E-state index in [0.717, 1.165) is 34.9 Å². The van der Waals surface area contributed by atoms with Crippen molar-refractivity contribution in [3.05, 3.63) is 16.5 Å². The first-order chi connectivity index (χ1) is 12.2. The second-order valence-corrected chi connectivity index (χ2v) is 10.7. The molecule has 2 unspecified atom stereocenters. The van der Waals surface area contributed by atoms with Crippen LogP contribution in [0.5, 0.6) is 0 Å². The molecular weight excluding hydrogens is 416 g/mol. The van der Waals surface area contributed by atoms with E-state index in [9.17, 15) is 13.2 Å². The number of sulfonamides is 1. The molecule has 1 amide bonds. The van der Waals surface area contributed by atoms with E-state index in [0.29, 0.717) is 15.4 Å². The summed E-state index contributed by atoms with van der Waals surface area (Å²) in [4.78, 5) is 12.0. The van der Waals surface area contributed by atoms with E-state index in [1.165, 1.54) is 25.6 Å². The number of halogens is 1. The summed E-state index contributed by atoms with van der Waals surface area (Å²) in [6.45, 7) is 1.84. The van der Waals surface area contributed by atoms with Crippen LogP contribution in [0.3, 0.4) is 0 Å².